The number of allylic oxidation sites excluding steroid dienone is 6. The SMILES string of the molecule is CCCCN1/C(=C/C=C/C=C/C2=[N+](CCCCCC(=O)NCCCCNCCCN)c3ccccc3C2(C)C)C(C)(C)c2ccccc21.[Br-]. The minimum atomic E-state index is -0.0781. The number of nitrogens with one attached hydrogen (secondary N) is 2. The van der Waals surface area contributed by atoms with Crippen molar-refractivity contribution in [1.29, 1.82) is 0 Å². The van der Waals surface area contributed by atoms with Gasteiger partial charge in [-0.15, -0.1) is 0 Å². The molecule has 2 aromatic rings. The largest absolute Gasteiger partial charge is 1.00 e. The maximum Gasteiger partial charge on any atom is 0.219 e. The monoisotopic (exact) mass is 731 g/mol. The van der Waals surface area contributed by atoms with Crippen molar-refractivity contribution < 1.29 is 26.4 Å². The Balaban J connectivity index is 0.00000650. The van der Waals surface area contributed by atoms with Crippen molar-refractivity contribution in [3.63, 3.8) is 0 Å². The highest BCUT2D eigenvalue weighted by Gasteiger charge is 2.43. The smallest absolute Gasteiger partial charge is 0.219 e. The van der Waals surface area contributed by atoms with Crippen LogP contribution >= 0.6 is 0 Å². The molecule has 49 heavy (non-hydrogen) atoms. The first-order chi connectivity index (χ1) is 23.2. The first-order valence-corrected chi connectivity index (χ1v) is 18.6. The van der Waals surface area contributed by atoms with Gasteiger partial charge in [0.1, 0.15) is 6.54 Å². The number of para-hydroxylation sites is 2. The minimum Gasteiger partial charge on any atom is -1.00 e. The summed E-state index contributed by atoms with van der Waals surface area (Å²) in [6.07, 6.45) is 20.3. The van der Waals surface area contributed by atoms with Crippen LogP contribution in [0.5, 0.6) is 0 Å². The van der Waals surface area contributed by atoms with E-state index in [1.54, 1.807) is 0 Å². The van der Waals surface area contributed by atoms with Crippen LogP contribution in [0.2, 0.25) is 0 Å². The van der Waals surface area contributed by atoms with Gasteiger partial charge in [-0.3, -0.25) is 4.79 Å². The summed E-state index contributed by atoms with van der Waals surface area (Å²) in [5, 5.41) is 6.49. The molecule has 0 aliphatic carbocycles. The van der Waals surface area contributed by atoms with E-state index in [2.05, 4.69) is 134 Å². The summed E-state index contributed by atoms with van der Waals surface area (Å²) >= 11 is 0. The first kappa shape index (κ1) is 40.4. The molecule has 2 aliphatic rings. The van der Waals surface area contributed by atoms with Crippen molar-refractivity contribution in [3.05, 3.63) is 95.7 Å². The van der Waals surface area contributed by atoms with E-state index >= 15 is 0 Å². The molecule has 4 rings (SSSR count). The molecule has 0 aromatic heterocycles. The normalized spacial score (nSPS) is 16.9. The van der Waals surface area contributed by atoms with Crippen LogP contribution in [0.4, 0.5) is 11.4 Å². The molecule has 2 aromatic carbocycles. The van der Waals surface area contributed by atoms with E-state index in [1.807, 2.05) is 0 Å². The molecule has 0 saturated carbocycles. The fourth-order valence-corrected chi connectivity index (χ4v) is 7.21. The molecule has 0 radical (unpaired) electrons. The number of nitrogens with two attached hydrogens (primary N) is 1. The number of fused-ring (bicyclic) bond motifs is 2. The highest BCUT2D eigenvalue weighted by atomic mass is 79.9. The molecular weight excluding hydrogens is 670 g/mol. The third-order valence-electron chi connectivity index (χ3n) is 10.0. The van der Waals surface area contributed by atoms with Gasteiger partial charge >= 0.3 is 0 Å². The number of halogens is 1. The van der Waals surface area contributed by atoms with Gasteiger partial charge in [-0.25, -0.2) is 0 Å². The predicted octanol–water partition coefficient (Wildman–Crippen LogP) is 5.06. The summed E-state index contributed by atoms with van der Waals surface area (Å²) in [6.45, 7) is 17.1. The lowest BCUT2D eigenvalue weighted by Gasteiger charge is -2.27. The van der Waals surface area contributed by atoms with Gasteiger partial charge in [0.05, 0.1) is 5.41 Å². The Kier molecular flexibility index (Phi) is 16.5. The summed E-state index contributed by atoms with van der Waals surface area (Å²) in [5.74, 6) is 0.175. The van der Waals surface area contributed by atoms with Crippen LogP contribution in [0, 0.1) is 0 Å². The van der Waals surface area contributed by atoms with E-state index < -0.39 is 0 Å². The topological polar surface area (TPSA) is 73.4 Å². The summed E-state index contributed by atoms with van der Waals surface area (Å²) in [7, 11) is 0. The first-order valence-electron chi connectivity index (χ1n) is 18.6. The lowest BCUT2D eigenvalue weighted by Crippen LogP contribution is -3.00. The summed E-state index contributed by atoms with van der Waals surface area (Å²) in [6, 6.07) is 17.7. The summed E-state index contributed by atoms with van der Waals surface area (Å²) < 4.78 is 2.50. The van der Waals surface area contributed by atoms with Crippen LogP contribution in [0.1, 0.15) is 104 Å². The second-order valence-electron chi connectivity index (χ2n) is 14.4. The highest BCUT2D eigenvalue weighted by molar-refractivity contribution is 6.03. The molecule has 6 nitrogen and oxygen atoms in total. The van der Waals surface area contributed by atoms with Gasteiger partial charge in [-0.05, 0) is 89.7 Å². The van der Waals surface area contributed by atoms with E-state index in [4.69, 9.17) is 5.73 Å². The predicted molar refractivity (Wildman–Crippen MR) is 205 cm³/mol. The fraction of sp³-hybridized carbons (Fsp3) is 0.524. The average molecular weight is 733 g/mol. The van der Waals surface area contributed by atoms with Crippen molar-refractivity contribution in [2.75, 3.05) is 44.2 Å². The molecule has 0 saturated heterocycles. The van der Waals surface area contributed by atoms with Gasteiger partial charge in [0.2, 0.25) is 11.6 Å². The van der Waals surface area contributed by atoms with Crippen molar-refractivity contribution in [1.82, 2.24) is 10.6 Å². The van der Waals surface area contributed by atoms with E-state index in [9.17, 15) is 4.79 Å². The number of carbonyl (C=O) groups is 1. The van der Waals surface area contributed by atoms with Crippen LogP contribution in [0.25, 0.3) is 0 Å². The van der Waals surface area contributed by atoms with Crippen LogP contribution in [-0.4, -0.2) is 55.5 Å². The molecule has 2 heterocycles. The van der Waals surface area contributed by atoms with Gasteiger partial charge in [-0.1, -0.05) is 81.8 Å². The lowest BCUT2D eigenvalue weighted by atomic mass is 9.81. The molecule has 0 unspecified atom stereocenters. The Hall–Kier alpha value is -3.00. The molecule has 0 fully saturated rings. The lowest BCUT2D eigenvalue weighted by molar-refractivity contribution is -0.438. The second-order valence-corrected chi connectivity index (χ2v) is 14.4. The maximum absolute atomic E-state index is 12.4. The zero-order valence-electron chi connectivity index (χ0n) is 30.9. The quantitative estimate of drug-likeness (QED) is 0.101. The van der Waals surface area contributed by atoms with Gasteiger partial charge in [-0.2, -0.15) is 4.58 Å². The molecule has 0 spiro atoms. The van der Waals surface area contributed by atoms with Crippen LogP contribution in [0.3, 0.4) is 0 Å². The Morgan fingerprint density at radius 2 is 1.53 bits per heavy atom. The number of unbranched alkanes of at least 4 members (excludes halogenated alkanes) is 4. The number of hydrogen-bond donors (Lipinski definition) is 3. The number of hydrogen-bond acceptors (Lipinski definition) is 4. The molecule has 0 atom stereocenters. The van der Waals surface area contributed by atoms with Crippen molar-refractivity contribution in [2.45, 2.75) is 103 Å². The number of anilines is 1. The highest BCUT2D eigenvalue weighted by Crippen LogP contribution is 2.47. The Labute approximate surface area is 307 Å². The second kappa shape index (κ2) is 20.0. The van der Waals surface area contributed by atoms with Gasteiger partial charge in [0, 0.05) is 60.4 Å². The van der Waals surface area contributed by atoms with E-state index in [0.29, 0.717) is 6.42 Å². The van der Waals surface area contributed by atoms with Crippen LogP contribution in [0.15, 0.2) is 84.6 Å². The Bertz CT molecular complexity index is 1470. The number of benzene rings is 2. The molecular formula is C42H62BrN5O. The number of amides is 1. The van der Waals surface area contributed by atoms with Gasteiger partial charge in [0.15, 0.2) is 5.71 Å². The maximum atomic E-state index is 12.4. The zero-order valence-corrected chi connectivity index (χ0v) is 32.5. The summed E-state index contributed by atoms with van der Waals surface area (Å²) in [4.78, 5) is 14.9. The fourth-order valence-electron chi connectivity index (χ4n) is 7.21. The molecule has 2 aliphatic heterocycles. The number of carbonyl (C=O) groups excluding carboxylic acids is 1. The standard InChI is InChI=1S/C42H61N5O.BrH/c1-6-7-32-46-36-23-15-13-21-34(36)41(2,3)38(46)25-10-8-11-26-39-42(4,5)35-22-14-16-24-37(35)47(39)33-19-9-12-27-40(48)45-31-18-17-29-44-30-20-28-43;/h8,10-11,13-16,21-26,44H,6-7,9,12,17-20,27-33,43H2,1-5H3;1H. The molecule has 0 bridgehead atoms. The third kappa shape index (κ3) is 10.5. The van der Waals surface area contributed by atoms with Crippen LogP contribution < -0.4 is 38.2 Å². The average Bonchev–Trinajstić information content (AvgIpc) is 3.43. The van der Waals surface area contributed by atoms with Gasteiger partial charge < -0.3 is 38.2 Å². The van der Waals surface area contributed by atoms with Crippen molar-refractivity contribution in [3.8, 4) is 0 Å². The Morgan fingerprint density at radius 1 is 0.816 bits per heavy atom. The van der Waals surface area contributed by atoms with E-state index in [0.717, 1.165) is 77.8 Å². The van der Waals surface area contributed by atoms with E-state index in [-0.39, 0.29) is 33.7 Å². The summed E-state index contributed by atoms with van der Waals surface area (Å²) in [5.41, 5.74) is 13.6. The van der Waals surface area contributed by atoms with Gasteiger partial charge in [0.25, 0.3) is 0 Å². The van der Waals surface area contributed by atoms with E-state index in [1.165, 1.54) is 46.8 Å². The minimum absolute atomic E-state index is 0. The number of nitrogens with zero attached hydrogens (tertiary/aromatic N) is 2. The van der Waals surface area contributed by atoms with Crippen molar-refractivity contribution in [2.24, 2.45) is 5.73 Å². The van der Waals surface area contributed by atoms with Crippen LogP contribution in [-0.2, 0) is 15.6 Å². The van der Waals surface area contributed by atoms with Crippen molar-refractivity contribution >= 4 is 23.0 Å². The molecule has 7 heteroatoms. The molecule has 268 valence electrons. The third-order valence-corrected chi connectivity index (χ3v) is 10.0. The molecule has 4 N–H and O–H groups in total. The molecule has 1 amide bonds. The number of rotatable bonds is 20. The zero-order chi connectivity index (χ0) is 34.4. The Morgan fingerprint density at radius 3 is 2.31 bits per heavy atom.